The van der Waals surface area contributed by atoms with E-state index < -0.39 is 13.8 Å². The summed E-state index contributed by atoms with van der Waals surface area (Å²) < 4.78 is 19.4. The molecule has 4 heteroatoms. The normalized spacial score (nSPS) is 9.83. The van der Waals surface area contributed by atoms with Crippen LogP contribution in [0, 0.1) is 0 Å². The summed E-state index contributed by atoms with van der Waals surface area (Å²) in [5.74, 6) is 0. The molecule has 0 atom stereocenters. The molecule has 0 bridgehead atoms. The fraction of sp³-hybridized carbons (Fsp3) is 1.00. The largest absolute Gasteiger partial charge is 2.00 e. The van der Waals surface area contributed by atoms with Gasteiger partial charge in [-0.05, 0) is 0 Å². The molecule has 0 fully saturated rings. The van der Waals surface area contributed by atoms with Gasteiger partial charge in [-0.3, -0.25) is 0 Å². The third-order valence-corrected chi connectivity index (χ3v) is 0. The molecule has 6 heavy (non-hydrogen) atoms. The van der Waals surface area contributed by atoms with Crippen LogP contribution in [0.5, 0.6) is 0 Å². The Morgan fingerprint density at radius 1 is 1.50 bits per heavy atom. The molecule has 0 aliphatic heterocycles. The second kappa shape index (κ2) is 3.13. The number of hydrogen-bond acceptors (Lipinski definition) is 2. The van der Waals surface area contributed by atoms with Gasteiger partial charge in [0, 0.05) is 0 Å². The molecule has 0 aromatic heterocycles. The van der Waals surface area contributed by atoms with Crippen LogP contribution in [0.2, 0.25) is 11.4 Å². The smallest absolute Gasteiger partial charge is 2.00 e. The zero-order chi connectivity index (χ0) is 4.50. The summed E-state index contributed by atoms with van der Waals surface area (Å²) in [6.45, 7) is 0. The quantitative estimate of drug-likeness (QED) is 0.432. The Bertz CT molecular complexity index is 57.7. The zero-order valence-corrected chi connectivity index (χ0v) is 7.26. The molecule has 0 saturated heterocycles. The molecule has 0 heterocycles. The summed E-state index contributed by atoms with van der Waals surface area (Å²) in [7, 11) is 0. The molecule has 0 N–H and O–H groups in total. The molecule has 0 amide bonds. The molecule has 0 aliphatic rings. The second-order valence-electron chi connectivity index (χ2n) is 1.25. The first-order valence-corrected chi connectivity index (χ1v) is 6.54. The van der Waals surface area contributed by atoms with Gasteiger partial charge in [0.25, 0.3) is 0 Å². The van der Waals surface area contributed by atoms with Crippen LogP contribution in [0.15, 0.2) is 0 Å². The zero-order valence-electron chi connectivity index (χ0n) is 3.97. The Morgan fingerprint density at radius 3 is 1.50 bits per heavy atom. The molecular formula is C2H6AsMgO2+. The molecule has 0 aromatic carbocycles. The maximum Gasteiger partial charge on any atom is 2.00 e. The Balaban J connectivity index is 0. The number of hydrogen-bond donors (Lipinski definition) is 0. The fourth-order valence-corrected chi connectivity index (χ4v) is 0. The van der Waals surface area contributed by atoms with Crippen LogP contribution in [-0.2, 0) is 3.74 Å². The standard InChI is InChI=1S/C2H7AsO2.Mg/c1-3(2,4)5;/h1-2H3,(H,4,5);/q;+2/p-1. The predicted molar refractivity (Wildman–Crippen MR) is 23.9 cm³/mol. The van der Waals surface area contributed by atoms with E-state index in [1.165, 1.54) is 11.4 Å². The number of rotatable bonds is 0. The van der Waals surface area contributed by atoms with Gasteiger partial charge >= 0.3 is 56.1 Å². The topological polar surface area (TPSA) is 40.1 Å². The Hall–Kier alpha value is 1.08. The van der Waals surface area contributed by atoms with Gasteiger partial charge in [0.05, 0.1) is 0 Å². The molecule has 0 rings (SSSR count). The van der Waals surface area contributed by atoms with Crippen molar-refractivity contribution in [3.8, 4) is 0 Å². The van der Waals surface area contributed by atoms with Gasteiger partial charge in [-0.25, -0.2) is 0 Å². The maximum atomic E-state index is 9.72. The third-order valence-electron chi connectivity index (χ3n) is 0. The van der Waals surface area contributed by atoms with Crippen molar-refractivity contribution in [1.82, 2.24) is 0 Å². The van der Waals surface area contributed by atoms with Gasteiger partial charge in [0.1, 0.15) is 0 Å². The first kappa shape index (κ1) is 10.1. The van der Waals surface area contributed by atoms with E-state index in [4.69, 9.17) is 0 Å². The van der Waals surface area contributed by atoms with Crippen molar-refractivity contribution < 1.29 is 7.84 Å². The first-order chi connectivity index (χ1) is 2.00. The van der Waals surface area contributed by atoms with Crippen molar-refractivity contribution in [2.45, 2.75) is 11.4 Å². The second-order valence-corrected chi connectivity index (χ2v) is 6.51. The molecule has 0 unspecified atom stereocenters. The van der Waals surface area contributed by atoms with Crippen LogP contribution in [0.25, 0.3) is 0 Å². The minimum absolute atomic E-state index is 0. The van der Waals surface area contributed by atoms with Crippen LogP contribution in [-0.4, -0.2) is 36.9 Å². The van der Waals surface area contributed by atoms with Gasteiger partial charge in [0.15, 0.2) is 0 Å². The van der Waals surface area contributed by atoms with E-state index in [2.05, 4.69) is 0 Å². The summed E-state index contributed by atoms with van der Waals surface area (Å²) >= 11 is -3.38. The first-order valence-electron chi connectivity index (χ1n) is 1.26. The van der Waals surface area contributed by atoms with Crippen molar-refractivity contribution in [1.29, 1.82) is 0 Å². The summed E-state index contributed by atoms with van der Waals surface area (Å²) in [6, 6.07) is 0. The van der Waals surface area contributed by atoms with Gasteiger partial charge in [-0.1, -0.05) is 0 Å². The van der Waals surface area contributed by atoms with Crippen LogP contribution in [0.3, 0.4) is 0 Å². The SMILES string of the molecule is C[As](C)(=O)[O-].[Mg+2]. The van der Waals surface area contributed by atoms with Crippen molar-refractivity contribution in [3.05, 3.63) is 0 Å². The van der Waals surface area contributed by atoms with E-state index in [1.807, 2.05) is 0 Å². The van der Waals surface area contributed by atoms with E-state index in [0.29, 0.717) is 0 Å². The monoisotopic (exact) mass is 161 g/mol. The van der Waals surface area contributed by atoms with E-state index in [-0.39, 0.29) is 23.1 Å². The molecule has 0 saturated carbocycles. The minimum Gasteiger partial charge on any atom is 2.00 e. The van der Waals surface area contributed by atoms with Crippen molar-refractivity contribution >= 4 is 36.9 Å². The maximum absolute atomic E-state index is 9.72. The van der Waals surface area contributed by atoms with Crippen molar-refractivity contribution in [2.75, 3.05) is 0 Å². The van der Waals surface area contributed by atoms with E-state index in [1.54, 1.807) is 0 Å². The minimum atomic E-state index is -3.38. The van der Waals surface area contributed by atoms with E-state index in [9.17, 15) is 7.84 Å². The third kappa shape index (κ3) is 72.1. The molecule has 0 aromatic rings. The summed E-state index contributed by atoms with van der Waals surface area (Å²) in [5.41, 5.74) is 2.50. The predicted octanol–water partition coefficient (Wildman–Crippen LogP) is -0.902. The molecular weight excluding hydrogens is 155 g/mol. The van der Waals surface area contributed by atoms with Crippen molar-refractivity contribution in [2.24, 2.45) is 0 Å². The van der Waals surface area contributed by atoms with Gasteiger partial charge in [-0.2, -0.15) is 0 Å². The van der Waals surface area contributed by atoms with Gasteiger partial charge < -0.3 is 0 Å². The molecule has 0 spiro atoms. The summed E-state index contributed by atoms with van der Waals surface area (Å²) in [4.78, 5) is 0. The van der Waals surface area contributed by atoms with Gasteiger partial charge in [0.2, 0.25) is 0 Å². The molecule has 2 nitrogen and oxygen atoms in total. The molecule has 0 aliphatic carbocycles. The summed E-state index contributed by atoms with van der Waals surface area (Å²) in [5, 5.41) is 0. The van der Waals surface area contributed by atoms with Crippen molar-refractivity contribution in [3.63, 3.8) is 0 Å². The Morgan fingerprint density at radius 2 is 1.50 bits per heavy atom. The van der Waals surface area contributed by atoms with E-state index in [0.717, 1.165) is 0 Å². The molecule has 0 radical (unpaired) electrons. The van der Waals surface area contributed by atoms with E-state index >= 15 is 0 Å². The Kier molecular flexibility index (Phi) is 5.30. The van der Waals surface area contributed by atoms with Crippen LogP contribution < -0.4 is 4.10 Å². The average molecular weight is 161 g/mol. The average Bonchev–Trinajstić information content (AvgIpc) is 0.722. The van der Waals surface area contributed by atoms with Crippen LogP contribution in [0.1, 0.15) is 0 Å². The van der Waals surface area contributed by atoms with Gasteiger partial charge in [-0.15, -0.1) is 0 Å². The van der Waals surface area contributed by atoms with Crippen LogP contribution >= 0.6 is 0 Å². The molecule has 32 valence electrons. The van der Waals surface area contributed by atoms with Crippen LogP contribution in [0.4, 0.5) is 0 Å². The fourth-order valence-electron chi connectivity index (χ4n) is 0. The summed E-state index contributed by atoms with van der Waals surface area (Å²) in [6.07, 6.45) is 0. The Labute approximate surface area is 56.1 Å².